The Balaban J connectivity index is 1.69. The number of methoxy groups -OCH3 is 1. The van der Waals surface area contributed by atoms with Crippen LogP contribution in [-0.2, 0) is 11.3 Å². The van der Waals surface area contributed by atoms with Gasteiger partial charge in [0.2, 0.25) is 0 Å². The molecule has 1 aromatic carbocycles. The van der Waals surface area contributed by atoms with Crippen LogP contribution in [0.3, 0.4) is 0 Å². The van der Waals surface area contributed by atoms with Gasteiger partial charge < -0.3 is 14.8 Å². The van der Waals surface area contributed by atoms with E-state index in [1.165, 1.54) is 18.4 Å². The van der Waals surface area contributed by atoms with Crippen LogP contribution in [-0.4, -0.2) is 26.9 Å². The van der Waals surface area contributed by atoms with E-state index >= 15 is 0 Å². The predicted octanol–water partition coefficient (Wildman–Crippen LogP) is 2.21. The van der Waals surface area contributed by atoms with Crippen LogP contribution >= 0.6 is 0 Å². The summed E-state index contributed by atoms with van der Waals surface area (Å²) in [5.41, 5.74) is 1.30. The Morgan fingerprint density at radius 1 is 1.24 bits per heavy atom. The molecule has 0 bridgehead atoms. The highest BCUT2D eigenvalue weighted by atomic mass is 16.5. The Labute approximate surface area is 103 Å². The zero-order valence-electron chi connectivity index (χ0n) is 10.4. The molecule has 0 radical (unpaired) electrons. The average molecular weight is 235 g/mol. The Hall–Kier alpha value is -1.06. The minimum absolute atomic E-state index is 0.780. The highest BCUT2D eigenvalue weighted by molar-refractivity contribution is 5.26. The van der Waals surface area contributed by atoms with E-state index in [-0.39, 0.29) is 0 Å². The molecule has 0 aromatic heterocycles. The van der Waals surface area contributed by atoms with Crippen molar-refractivity contribution in [2.75, 3.05) is 26.9 Å². The number of benzene rings is 1. The smallest absolute Gasteiger partial charge is 0.118 e. The third kappa shape index (κ3) is 4.02. The van der Waals surface area contributed by atoms with E-state index in [1.54, 1.807) is 7.11 Å². The van der Waals surface area contributed by atoms with E-state index in [2.05, 4.69) is 17.4 Å². The summed E-state index contributed by atoms with van der Waals surface area (Å²) in [5, 5.41) is 3.51. The number of rotatable bonds is 5. The molecule has 0 spiro atoms. The first kappa shape index (κ1) is 12.4. The first-order valence-corrected chi connectivity index (χ1v) is 6.30. The van der Waals surface area contributed by atoms with Gasteiger partial charge in [0, 0.05) is 19.8 Å². The molecule has 0 aliphatic carbocycles. The molecular weight excluding hydrogens is 214 g/mol. The summed E-state index contributed by atoms with van der Waals surface area (Å²) >= 11 is 0. The number of hydrogen-bond acceptors (Lipinski definition) is 3. The first-order valence-electron chi connectivity index (χ1n) is 6.30. The van der Waals surface area contributed by atoms with E-state index in [0.29, 0.717) is 0 Å². The standard InChI is InChI=1S/C14H21NO2/c1-16-14-4-2-12(3-5-14)10-15-11-13-6-8-17-9-7-13/h2-5,13,15H,6-11H2,1H3. The fourth-order valence-electron chi connectivity index (χ4n) is 2.11. The maximum absolute atomic E-state index is 5.35. The number of ether oxygens (including phenoxy) is 2. The van der Waals surface area contributed by atoms with Crippen LogP contribution in [0.25, 0.3) is 0 Å². The number of hydrogen-bond donors (Lipinski definition) is 1. The fraction of sp³-hybridized carbons (Fsp3) is 0.571. The van der Waals surface area contributed by atoms with Crippen LogP contribution in [0, 0.1) is 5.92 Å². The highest BCUT2D eigenvalue weighted by Crippen LogP contribution is 2.14. The molecule has 1 heterocycles. The van der Waals surface area contributed by atoms with Gasteiger partial charge in [-0.15, -0.1) is 0 Å². The third-order valence-electron chi connectivity index (χ3n) is 3.26. The van der Waals surface area contributed by atoms with Gasteiger partial charge in [-0.25, -0.2) is 0 Å². The maximum atomic E-state index is 5.35. The van der Waals surface area contributed by atoms with Gasteiger partial charge in [0.1, 0.15) is 5.75 Å². The number of nitrogens with one attached hydrogen (secondary N) is 1. The summed E-state index contributed by atoms with van der Waals surface area (Å²) in [6.45, 7) is 3.88. The monoisotopic (exact) mass is 235 g/mol. The molecule has 94 valence electrons. The normalized spacial score (nSPS) is 17.0. The second kappa shape index (κ2) is 6.62. The fourth-order valence-corrected chi connectivity index (χ4v) is 2.11. The molecule has 1 N–H and O–H groups in total. The van der Waals surface area contributed by atoms with Crippen molar-refractivity contribution in [3.63, 3.8) is 0 Å². The van der Waals surface area contributed by atoms with Gasteiger partial charge in [0.25, 0.3) is 0 Å². The Bertz CT molecular complexity index is 317. The Morgan fingerprint density at radius 2 is 1.94 bits per heavy atom. The second-order valence-corrected chi connectivity index (χ2v) is 4.53. The molecule has 0 amide bonds. The van der Waals surface area contributed by atoms with Crippen LogP contribution in [0.15, 0.2) is 24.3 Å². The van der Waals surface area contributed by atoms with Gasteiger partial charge in [0.15, 0.2) is 0 Å². The van der Waals surface area contributed by atoms with Gasteiger partial charge >= 0.3 is 0 Å². The van der Waals surface area contributed by atoms with E-state index in [0.717, 1.165) is 38.0 Å². The molecule has 2 rings (SSSR count). The average Bonchev–Trinajstić information content (AvgIpc) is 2.41. The van der Waals surface area contributed by atoms with Crippen LogP contribution in [0.4, 0.5) is 0 Å². The van der Waals surface area contributed by atoms with E-state index in [1.807, 2.05) is 12.1 Å². The SMILES string of the molecule is COc1ccc(CNCC2CCOCC2)cc1. The lowest BCUT2D eigenvalue weighted by atomic mass is 10.0. The molecule has 3 heteroatoms. The predicted molar refractivity (Wildman–Crippen MR) is 68.2 cm³/mol. The molecule has 0 saturated carbocycles. The van der Waals surface area contributed by atoms with E-state index < -0.39 is 0 Å². The lowest BCUT2D eigenvalue weighted by Gasteiger charge is -2.22. The summed E-state index contributed by atoms with van der Waals surface area (Å²) in [5.74, 6) is 1.69. The summed E-state index contributed by atoms with van der Waals surface area (Å²) < 4.78 is 10.5. The van der Waals surface area contributed by atoms with Crippen molar-refractivity contribution in [3.05, 3.63) is 29.8 Å². The van der Waals surface area contributed by atoms with Crippen LogP contribution in [0.2, 0.25) is 0 Å². The van der Waals surface area contributed by atoms with Crippen molar-refractivity contribution in [1.29, 1.82) is 0 Å². The van der Waals surface area contributed by atoms with Crippen LogP contribution in [0.5, 0.6) is 5.75 Å². The minimum atomic E-state index is 0.780. The lowest BCUT2D eigenvalue weighted by molar-refractivity contribution is 0.0662. The molecule has 1 aromatic rings. The van der Waals surface area contributed by atoms with Gasteiger partial charge in [-0.2, -0.15) is 0 Å². The molecule has 0 unspecified atom stereocenters. The Morgan fingerprint density at radius 3 is 2.59 bits per heavy atom. The van der Waals surface area contributed by atoms with Crippen molar-refractivity contribution >= 4 is 0 Å². The quantitative estimate of drug-likeness (QED) is 0.848. The van der Waals surface area contributed by atoms with Crippen LogP contribution in [0.1, 0.15) is 18.4 Å². The van der Waals surface area contributed by atoms with Gasteiger partial charge in [0.05, 0.1) is 7.11 Å². The molecule has 17 heavy (non-hydrogen) atoms. The summed E-state index contributed by atoms with van der Waals surface area (Å²) in [6, 6.07) is 8.22. The molecule has 1 saturated heterocycles. The Kier molecular flexibility index (Phi) is 4.83. The molecule has 1 fully saturated rings. The van der Waals surface area contributed by atoms with Gasteiger partial charge in [-0.05, 0) is 43.0 Å². The molecular formula is C14H21NO2. The van der Waals surface area contributed by atoms with Crippen molar-refractivity contribution in [1.82, 2.24) is 5.32 Å². The van der Waals surface area contributed by atoms with E-state index in [9.17, 15) is 0 Å². The zero-order chi connectivity index (χ0) is 11.9. The molecule has 3 nitrogen and oxygen atoms in total. The van der Waals surface area contributed by atoms with Crippen molar-refractivity contribution in [2.24, 2.45) is 5.92 Å². The molecule has 0 atom stereocenters. The van der Waals surface area contributed by atoms with E-state index in [4.69, 9.17) is 9.47 Å². The minimum Gasteiger partial charge on any atom is -0.497 e. The third-order valence-corrected chi connectivity index (χ3v) is 3.26. The first-order chi connectivity index (χ1) is 8.38. The summed E-state index contributed by atoms with van der Waals surface area (Å²) in [7, 11) is 1.69. The van der Waals surface area contributed by atoms with Crippen molar-refractivity contribution in [2.45, 2.75) is 19.4 Å². The second-order valence-electron chi connectivity index (χ2n) is 4.53. The topological polar surface area (TPSA) is 30.5 Å². The maximum Gasteiger partial charge on any atom is 0.118 e. The van der Waals surface area contributed by atoms with Gasteiger partial charge in [-0.1, -0.05) is 12.1 Å². The summed E-state index contributed by atoms with van der Waals surface area (Å²) in [6.07, 6.45) is 2.38. The molecule has 1 aliphatic rings. The van der Waals surface area contributed by atoms with Crippen LogP contribution < -0.4 is 10.1 Å². The molecule has 1 aliphatic heterocycles. The van der Waals surface area contributed by atoms with Crippen molar-refractivity contribution < 1.29 is 9.47 Å². The summed E-state index contributed by atoms with van der Waals surface area (Å²) in [4.78, 5) is 0. The van der Waals surface area contributed by atoms with Gasteiger partial charge in [-0.3, -0.25) is 0 Å². The lowest BCUT2D eigenvalue weighted by Crippen LogP contribution is -2.27. The highest BCUT2D eigenvalue weighted by Gasteiger charge is 2.12. The van der Waals surface area contributed by atoms with Crippen molar-refractivity contribution in [3.8, 4) is 5.75 Å². The largest absolute Gasteiger partial charge is 0.497 e. The zero-order valence-corrected chi connectivity index (χ0v) is 10.4.